The van der Waals surface area contributed by atoms with Gasteiger partial charge in [-0.25, -0.2) is 9.07 Å². The van der Waals surface area contributed by atoms with Crippen LogP contribution in [0.2, 0.25) is 5.28 Å². The van der Waals surface area contributed by atoms with Crippen molar-refractivity contribution in [1.29, 1.82) is 0 Å². The van der Waals surface area contributed by atoms with E-state index in [2.05, 4.69) is 21.6 Å². The van der Waals surface area contributed by atoms with Gasteiger partial charge >= 0.3 is 15.2 Å². The summed E-state index contributed by atoms with van der Waals surface area (Å²) >= 11 is 6.32. The molecule has 13 nitrogen and oxygen atoms in total. The third kappa shape index (κ3) is 6.01. The zero-order valence-corrected chi connectivity index (χ0v) is 23.5. The van der Waals surface area contributed by atoms with Crippen LogP contribution in [0.25, 0.3) is 11.0 Å². The number of benzene rings is 1. The summed E-state index contributed by atoms with van der Waals surface area (Å²) in [4.78, 5) is 38.5. The molecule has 0 radical (unpaired) electrons. The minimum Gasteiger partial charge on any atom is -0.384 e. The zero-order valence-electron chi connectivity index (χ0n) is 21.0. The lowest BCUT2D eigenvalue weighted by atomic mass is 9.94. The van der Waals surface area contributed by atoms with E-state index in [-0.39, 0.29) is 28.4 Å². The van der Waals surface area contributed by atoms with Gasteiger partial charge in [-0.2, -0.15) is 15.1 Å². The second-order valence-electron chi connectivity index (χ2n) is 9.64. The molecule has 216 valence electrons. The van der Waals surface area contributed by atoms with Crippen LogP contribution < -0.4 is 4.90 Å². The number of hydrogen-bond acceptors (Lipinski definition) is 9. The predicted octanol–water partition coefficient (Wildman–Crippen LogP) is 3.50. The molecule has 4 heterocycles. The van der Waals surface area contributed by atoms with Crippen molar-refractivity contribution in [1.82, 2.24) is 19.7 Å². The van der Waals surface area contributed by atoms with Gasteiger partial charge in [-0.3, -0.25) is 9.13 Å². The van der Waals surface area contributed by atoms with Crippen LogP contribution in [0.3, 0.4) is 0 Å². The molecule has 0 amide bonds. The number of ether oxygens (including phenoxy) is 1. The van der Waals surface area contributed by atoms with Crippen molar-refractivity contribution in [2.24, 2.45) is 0 Å². The lowest BCUT2D eigenvalue weighted by Gasteiger charge is -2.37. The van der Waals surface area contributed by atoms with E-state index in [1.54, 1.807) is 18.2 Å². The van der Waals surface area contributed by atoms with E-state index in [4.69, 9.17) is 30.6 Å². The SMILES string of the molecule is C=C1[C@@H](O)[C@H](n2ncc3c(N4CCCCC4c4ccccc4F)nc(Cl)nc32)O[C@@H]1COP(=O)(O)CP(=O)(O)O. The van der Waals surface area contributed by atoms with Crippen LogP contribution in [0.15, 0.2) is 42.6 Å². The highest BCUT2D eigenvalue weighted by Gasteiger charge is 2.42. The molecule has 40 heavy (non-hydrogen) atoms. The van der Waals surface area contributed by atoms with Gasteiger partial charge in [0.1, 0.15) is 23.8 Å². The van der Waals surface area contributed by atoms with E-state index in [1.165, 1.54) is 16.9 Å². The van der Waals surface area contributed by atoms with Gasteiger partial charge in [-0.05, 0) is 42.5 Å². The van der Waals surface area contributed by atoms with Crippen LogP contribution in [0.5, 0.6) is 0 Å². The fourth-order valence-corrected chi connectivity index (χ4v) is 7.76. The Kier molecular flexibility index (Phi) is 8.19. The number of piperidine rings is 1. The number of aromatic nitrogens is 4. The highest BCUT2D eigenvalue weighted by atomic mass is 35.5. The van der Waals surface area contributed by atoms with Crippen LogP contribution in [0.1, 0.15) is 37.1 Å². The van der Waals surface area contributed by atoms with Gasteiger partial charge in [-0.15, -0.1) is 0 Å². The summed E-state index contributed by atoms with van der Waals surface area (Å²) in [6.07, 6.45) is 0.320. The van der Waals surface area contributed by atoms with Gasteiger partial charge in [0.25, 0.3) is 0 Å². The topological polar surface area (TPSA) is 180 Å². The Labute approximate surface area is 232 Å². The molecule has 2 fully saturated rings. The molecule has 2 saturated heterocycles. The number of rotatable bonds is 8. The minimum atomic E-state index is -4.82. The van der Waals surface area contributed by atoms with Crippen LogP contribution in [0, 0.1) is 5.82 Å². The second kappa shape index (κ2) is 11.2. The number of fused-ring (bicyclic) bond motifs is 1. The number of aliphatic hydroxyl groups is 1. The average molecular weight is 618 g/mol. The molecule has 2 aliphatic rings. The first kappa shape index (κ1) is 29.2. The number of nitrogens with zero attached hydrogens (tertiary/aromatic N) is 5. The van der Waals surface area contributed by atoms with E-state index in [0.717, 1.165) is 12.8 Å². The maximum atomic E-state index is 14.8. The van der Waals surface area contributed by atoms with Crippen molar-refractivity contribution in [3.05, 3.63) is 59.3 Å². The average Bonchev–Trinajstić information content (AvgIpc) is 3.41. The third-order valence-electron chi connectivity index (χ3n) is 6.84. The monoisotopic (exact) mass is 617 g/mol. The molecule has 5 rings (SSSR count). The number of aliphatic hydroxyl groups excluding tert-OH is 1. The summed E-state index contributed by atoms with van der Waals surface area (Å²) in [5.74, 6) is -1.25. The van der Waals surface area contributed by atoms with Crippen molar-refractivity contribution < 1.29 is 42.6 Å². The number of halogens is 2. The van der Waals surface area contributed by atoms with E-state index in [1.807, 2.05) is 4.90 Å². The van der Waals surface area contributed by atoms with Gasteiger partial charge < -0.3 is 33.9 Å². The Bertz CT molecular complexity index is 1540. The highest BCUT2D eigenvalue weighted by Crippen LogP contribution is 2.55. The van der Waals surface area contributed by atoms with E-state index >= 15 is 0 Å². The molecular formula is C23H27ClFN5O8P2. The fourth-order valence-electron chi connectivity index (χ4n) is 5.04. The molecule has 2 aromatic heterocycles. The fraction of sp³-hybridized carbons (Fsp3) is 0.435. The maximum Gasteiger partial charge on any atom is 0.340 e. The van der Waals surface area contributed by atoms with E-state index in [9.17, 15) is 23.5 Å². The van der Waals surface area contributed by atoms with Crippen LogP contribution in [-0.4, -0.2) is 70.8 Å². The number of anilines is 1. The smallest absolute Gasteiger partial charge is 0.340 e. The molecule has 2 unspecified atom stereocenters. The summed E-state index contributed by atoms with van der Waals surface area (Å²) in [5.41, 5.74) is 0.854. The Morgan fingerprint density at radius 3 is 2.67 bits per heavy atom. The lowest BCUT2D eigenvalue weighted by Crippen LogP contribution is -2.34. The molecule has 17 heteroatoms. The van der Waals surface area contributed by atoms with E-state index < -0.39 is 46.1 Å². The Morgan fingerprint density at radius 1 is 1.20 bits per heavy atom. The van der Waals surface area contributed by atoms with Crippen LogP contribution >= 0.6 is 26.8 Å². The van der Waals surface area contributed by atoms with Crippen molar-refractivity contribution in [3.63, 3.8) is 0 Å². The van der Waals surface area contributed by atoms with Gasteiger partial charge in [0.2, 0.25) is 5.28 Å². The summed E-state index contributed by atoms with van der Waals surface area (Å²) < 4.78 is 49.9. The molecule has 0 saturated carbocycles. The van der Waals surface area contributed by atoms with Crippen LogP contribution in [-0.2, 0) is 18.4 Å². The summed E-state index contributed by atoms with van der Waals surface area (Å²) in [6, 6.07) is 6.26. The van der Waals surface area contributed by atoms with Gasteiger partial charge in [0.15, 0.2) is 17.8 Å². The second-order valence-corrected chi connectivity index (χ2v) is 14.0. The van der Waals surface area contributed by atoms with Gasteiger partial charge in [0.05, 0.1) is 24.2 Å². The first-order chi connectivity index (χ1) is 18.8. The van der Waals surface area contributed by atoms with Crippen LogP contribution in [0.4, 0.5) is 10.2 Å². The maximum absolute atomic E-state index is 14.8. The van der Waals surface area contributed by atoms with Gasteiger partial charge in [0, 0.05) is 12.1 Å². The molecule has 0 spiro atoms. The Morgan fingerprint density at radius 2 is 1.95 bits per heavy atom. The van der Waals surface area contributed by atoms with Gasteiger partial charge in [-0.1, -0.05) is 24.8 Å². The Hall–Kier alpha value is -2.25. The molecule has 2 aliphatic heterocycles. The van der Waals surface area contributed by atoms with Crippen molar-refractivity contribution in [2.75, 3.05) is 24.0 Å². The standard InChI is InChI=1S/C23H27ClFN5O8P2/c1-13-18(11-37-40(35,36)12-39(32,33)34)38-22(19(13)31)30-21-15(10-26-30)20(27-23(24)28-21)29-9-5-4-8-17(29)14-6-2-3-7-16(14)25/h2-3,6-7,10,17-19,22,31H,1,4-5,8-9,11-12H2,(H,35,36)(H2,32,33,34)/t17?,18-,19-,22-/m1/s1. The minimum absolute atomic E-state index is 0.0980. The summed E-state index contributed by atoms with van der Waals surface area (Å²) in [7, 11) is -9.47. The predicted molar refractivity (Wildman–Crippen MR) is 142 cm³/mol. The third-order valence-corrected chi connectivity index (χ3v) is 10.5. The highest BCUT2D eigenvalue weighted by molar-refractivity contribution is 7.70. The summed E-state index contributed by atoms with van der Waals surface area (Å²) in [5, 5.41) is 15.6. The molecule has 1 aromatic carbocycles. The lowest BCUT2D eigenvalue weighted by molar-refractivity contribution is -0.0526. The van der Waals surface area contributed by atoms with Crippen molar-refractivity contribution >= 4 is 43.6 Å². The van der Waals surface area contributed by atoms with E-state index in [0.29, 0.717) is 29.7 Å². The quantitative estimate of drug-likeness (QED) is 0.164. The number of hydrogen-bond donors (Lipinski definition) is 4. The summed E-state index contributed by atoms with van der Waals surface area (Å²) in [6.45, 7) is 3.75. The zero-order chi connectivity index (χ0) is 28.8. The molecule has 3 aromatic rings. The molecule has 5 atom stereocenters. The first-order valence-electron chi connectivity index (χ1n) is 12.3. The van der Waals surface area contributed by atoms with Crippen molar-refractivity contribution in [3.8, 4) is 0 Å². The van der Waals surface area contributed by atoms with Crippen molar-refractivity contribution in [2.45, 2.75) is 43.7 Å². The molecule has 0 bridgehead atoms. The largest absolute Gasteiger partial charge is 0.384 e. The first-order valence-corrected chi connectivity index (χ1v) is 16.2. The molecule has 4 N–H and O–H groups in total. The normalized spacial score (nSPS) is 25.4. The molecular weight excluding hydrogens is 591 g/mol. The Balaban J connectivity index is 1.44. The molecule has 0 aliphatic carbocycles.